The summed E-state index contributed by atoms with van der Waals surface area (Å²) in [5, 5.41) is 8.93. The van der Waals surface area contributed by atoms with Crippen molar-refractivity contribution in [3.05, 3.63) is 70.8 Å². The van der Waals surface area contributed by atoms with Crippen molar-refractivity contribution in [1.29, 1.82) is 5.26 Å². The molecule has 2 aromatic rings. The largest absolute Gasteiger partial charge is 0.488 e. The van der Waals surface area contributed by atoms with Crippen molar-refractivity contribution in [2.24, 2.45) is 5.73 Å². The van der Waals surface area contributed by atoms with E-state index in [0.29, 0.717) is 17.9 Å². The van der Waals surface area contributed by atoms with Crippen molar-refractivity contribution < 1.29 is 9.53 Å². The lowest BCUT2D eigenvalue weighted by molar-refractivity contribution is -0.114. The first-order valence-electron chi connectivity index (χ1n) is 6.79. The van der Waals surface area contributed by atoms with Crippen LogP contribution in [0.3, 0.4) is 0 Å². The lowest BCUT2D eigenvalue weighted by atomic mass is 10.1. The normalized spacial score (nSPS) is 10.8. The Hall–Kier alpha value is -3.06. The molecule has 0 radical (unpaired) electrons. The molecule has 22 heavy (non-hydrogen) atoms. The predicted molar refractivity (Wildman–Crippen MR) is 84.7 cm³/mol. The van der Waals surface area contributed by atoms with Gasteiger partial charge in [-0.3, -0.25) is 4.79 Å². The fraction of sp³-hybridized carbons (Fsp3) is 0.111. The number of nitrogens with two attached hydrogens (primary N) is 1. The van der Waals surface area contributed by atoms with Crippen LogP contribution in [0.5, 0.6) is 5.75 Å². The van der Waals surface area contributed by atoms with E-state index in [1.54, 1.807) is 24.3 Å². The number of nitrogens with zero attached hydrogens (tertiary/aromatic N) is 1. The first-order valence-corrected chi connectivity index (χ1v) is 6.79. The Morgan fingerprint density at radius 3 is 2.73 bits per heavy atom. The Morgan fingerprint density at radius 2 is 2.05 bits per heavy atom. The van der Waals surface area contributed by atoms with E-state index < -0.39 is 5.91 Å². The molecule has 2 rings (SSSR count). The number of amides is 1. The van der Waals surface area contributed by atoms with Crippen molar-refractivity contribution in [1.82, 2.24) is 0 Å². The standard InChI is InChI=1S/C18H16N2O2/c1-13-5-4-6-14(9-13)12-22-17-8-3-2-7-15(17)10-16(11-19)18(20)21/h2-10H,12H2,1H3,(H2,20,21)/b16-10+. The van der Waals surface area contributed by atoms with Crippen LogP contribution in [0.25, 0.3) is 6.08 Å². The van der Waals surface area contributed by atoms with Crippen LogP contribution in [0, 0.1) is 18.3 Å². The maximum atomic E-state index is 11.2. The van der Waals surface area contributed by atoms with Crippen molar-refractivity contribution in [3.8, 4) is 11.8 Å². The van der Waals surface area contributed by atoms with Gasteiger partial charge in [-0.2, -0.15) is 5.26 Å². The number of ether oxygens (including phenoxy) is 1. The van der Waals surface area contributed by atoms with Crippen LogP contribution < -0.4 is 10.5 Å². The number of hydrogen-bond acceptors (Lipinski definition) is 3. The van der Waals surface area contributed by atoms with Gasteiger partial charge in [-0.25, -0.2) is 0 Å². The molecule has 0 spiro atoms. The number of aryl methyl sites for hydroxylation is 1. The van der Waals surface area contributed by atoms with Crippen LogP contribution in [0.2, 0.25) is 0 Å². The Labute approximate surface area is 129 Å². The van der Waals surface area contributed by atoms with Crippen molar-refractivity contribution >= 4 is 12.0 Å². The van der Waals surface area contributed by atoms with E-state index in [1.165, 1.54) is 6.08 Å². The Morgan fingerprint density at radius 1 is 1.27 bits per heavy atom. The fourth-order valence-electron chi connectivity index (χ4n) is 2.01. The monoisotopic (exact) mass is 292 g/mol. The van der Waals surface area contributed by atoms with Crippen LogP contribution in [-0.4, -0.2) is 5.91 Å². The van der Waals surface area contributed by atoms with Crippen molar-refractivity contribution in [2.75, 3.05) is 0 Å². The predicted octanol–water partition coefficient (Wildman–Crippen LogP) is 2.97. The molecule has 0 bridgehead atoms. The molecular formula is C18H16N2O2. The maximum Gasteiger partial charge on any atom is 0.259 e. The molecule has 0 atom stereocenters. The topological polar surface area (TPSA) is 76.1 Å². The number of primary amides is 1. The first-order chi connectivity index (χ1) is 10.6. The van der Waals surface area contributed by atoms with Crippen LogP contribution in [0.4, 0.5) is 0 Å². The summed E-state index contributed by atoms with van der Waals surface area (Å²) in [5.41, 5.74) is 7.91. The van der Waals surface area contributed by atoms with E-state index in [4.69, 9.17) is 15.7 Å². The molecule has 0 fully saturated rings. The maximum absolute atomic E-state index is 11.2. The summed E-state index contributed by atoms with van der Waals surface area (Å²) in [4.78, 5) is 11.2. The number of nitriles is 1. The second-order valence-electron chi connectivity index (χ2n) is 4.85. The summed E-state index contributed by atoms with van der Waals surface area (Å²) < 4.78 is 5.80. The van der Waals surface area contributed by atoms with E-state index in [-0.39, 0.29) is 5.57 Å². The van der Waals surface area contributed by atoms with E-state index in [1.807, 2.05) is 37.3 Å². The van der Waals surface area contributed by atoms with Crippen LogP contribution in [0.1, 0.15) is 16.7 Å². The molecule has 0 saturated heterocycles. The van der Waals surface area contributed by atoms with Gasteiger partial charge in [0.1, 0.15) is 24.0 Å². The second kappa shape index (κ2) is 7.09. The highest BCUT2D eigenvalue weighted by molar-refractivity contribution is 6.00. The summed E-state index contributed by atoms with van der Waals surface area (Å²) in [5.74, 6) is -0.158. The molecule has 2 aromatic carbocycles. The van der Waals surface area contributed by atoms with Crippen molar-refractivity contribution in [3.63, 3.8) is 0 Å². The first kappa shape index (κ1) is 15.3. The zero-order chi connectivity index (χ0) is 15.9. The van der Waals surface area contributed by atoms with Gasteiger partial charge in [-0.1, -0.05) is 48.0 Å². The van der Waals surface area contributed by atoms with E-state index >= 15 is 0 Å². The van der Waals surface area contributed by atoms with Crippen molar-refractivity contribution in [2.45, 2.75) is 13.5 Å². The number of carbonyl (C=O) groups is 1. The zero-order valence-electron chi connectivity index (χ0n) is 12.2. The van der Waals surface area contributed by atoms with E-state index in [2.05, 4.69) is 0 Å². The van der Waals surface area contributed by atoms with Gasteiger partial charge in [0.05, 0.1) is 0 Å². The molecule has 4 nitrogen and oxygen atoms in total. The van der Waals surface area contributed by atoms with Crippen LogP contribution >= 0.6 is 0 Å². The van der Waals surface area contributed by atoms with Gasteiger partial charge >= 0.3 is 0 Å². The Bertz CT molecular complexity index is 758. The lowest BCUT2D eigenvalue weighted by Crippen LogP contribution is -2.12. The summed E-state index contributed by atoms with van der Waals surface area (Å²) >= 11 is 0. The molecule has 110 valence electrons. The lowest BCUT2D eigenvalue weighted by Gasteiger charge is -2.10. The van der Waals surface area contributed by atoms with Gasteiger partial charge in [0.15, 0.2) is 0 Å². The summed E-state index contributed by atoms with van der Waals surface area (Å²) in [6, 6.07) is 17.0. The van der Waals surface area contributed by atoms with Crippen LogP contribution in [-0.2, 0) is 11.4 Å². The third kappa shape index (κ3) is 3.97. The average Bonchev–Trinajstić information content (AvgIpc) is 2.51. The minimum absolute atomic E-state index is 0.105. The quantitative estimate of drug-likeness (QED) is 0.680. The third-order valence-electron chi connectivity index (χ3n) is 3.08. The Balaban J connectivity index is 2.22. The SMILES string of the molecule is Cc1cccc(COc2ccccc2/C=C(\C#N)C(N)=O)c1. The van der Waals surface area contributed by atoms with Gasteiger partial charge in [0.2, 0.25) is 0 Å². The minimum atomic E-state index is -0.754. The molecule has 0 aliphatic heterocycles. The highest BCUT2D eigenvalue weighted by atomic mass is 16.5. The third-order valence-corrected chi connectivity index (χ3v) is 3.08. The molecule has 2 N–H and O–H groups in total. The summed E-state index contributed by atoms with van der Waals surface area (Å²) in [6.45, 7) is 2.43. The van der Waals surface area contributed by atoms with Gasteiger partial charge in [0.25, 0.3) is 5.91 Å². The molecule has 0 aliphatic rings. The molecule has 0 heterocycles. The molecule has 4 heteroatoms. The van der Waals surface area contributed by atoms with Gasteiger partial charge in [-0.15, -0.1) is 0 Å². The molecule has 1 amide bonds. The van der Waals surface area contributed by atoms with Gasteiger partial charge in [0, 0.05) is 5.56 Å². The number of benzene rings is 2. The molecular weight excluding hydrogens is 276 g/mol. The average molecular weight is 292 g/mol. The highest BCUT2D eigenvalue weighted by Gasteiger charge is 2.07. The number of para-hydroxylation sites is 1. The molecule has 0 unspecified atom stereocenters. The van der Waals surface area contributed by atoms with Crippen LogP contribution in [0.15, 0.2) is 54.1 Å². The highest BCUT2D eigenvalue weighted by Crippen LogP contribution is 2.22. The van der Waals surface area contributed by atoms with Gasteiger partial charge in [-0.05, 0) is 24.6 Å². The zero-order valence-corrected chi connectivity index (χ0v) is 12.2. The summed E-state index contributed by atoms with van der Waals surface area (Å²) in [6.07, 6.45) is 1.44. The van der Waals surface area contributed by atoms with E-state index in [0.717, 1.165) is 11.1 Å². The smallest absolute Gasteiger partial charge is 0.259 e. The number of hydrogen-bond donors (Lipinski definition) is 1. The summed E-state index contributed by atoms with van der Waals surface area (Å²) in [7, 11) is 0. The second-order valence-corrected chi connectivity index (χ2v) is 4.85. The minimum Gasteiger partial charge on any atom is -0.488 e. The molecule has 0 aromatic heterocycles. The van der Waals surface area contributed by atoms with E-state index in [9.17, 15) is 4.79 Å². The molecule has 0 aliphatic carbocycles. The number of carbonyl (C=O) groups excluding carboxylic acids is 1. The number of rotatable bonds is 5. The fourth-order valence-corrected chi connectivity index (χ4v) is 2.01. The molecule has 0 saturated carbocycles. The Kier molecular flexibility index (Phi) is 4.94. The van der Waals surface area contributed by atoms with Gasteiger partial charge < -0.3 is 10.5 Å².